The third kappa shape index (κ3) is 4.76. The summed E-state index contributed by atoms with van der Waals surface area (Å²) in [5, 5.41) is 3.19. The summed E-state index contributed by atoms with van der Waals surface area (Å²) in [6.07, 6.45) is 5.76. The van der Waals surface area contributed by atoms with Crippen LogP contribution in [0.3, 0.4) is 0 Å². The van der Waals surface area contributed by atoms with Gasteiger partial charge in [-0.05, 0) is 48.7 Å². The average molecular weight is 270 g/mol. The van der Waals surface area contributed by atoms with E-state index in [1.165, 1.54) is 16.7 Å². The minimum absolute atomic E-state index is 0.689. The second-order valence-electron chi connectivity index (χ2n) is 4.81. The number of aromatic nitrogens is 1. The van der Waals surface area contributed by atoms with Gasteiger partial charge in [-0.1, -0.05) is 24.3 Å². The molecule has 0 saturated carbocycles. The summed E-state index contributed by atoms with van der Waals surface area (Å²) in [6, 6.07) is 12.5. The Bertz CT molecular complexity index is 499. The Morgan fingerprint density at radius 2 is 1.80 bits per heavy atom. The summed E-state index contributed by atoms with van der Waals surface area (Å²) in [5.74, 6) is 0. The molecule has 0 aliphatic rings. The molecular formula is C17H22N2O. The lowest BCUT2D eigenvalue weighted by atomic mass is 10.1. The van der Waals surface area contributed by atoms with Crippen molar-refractivity contribution < 1.29 is 4.74 Å². The maximum atomic E-state index is 5.79. The van der Waals surface area contributed by atoms with Crippen LogP contribution < -0.4 is 5.32 Å². The van der Waals surface area contributed by atoms with Crippen molar-refractivity contribution in [1.82, 2.24) is 10.3 Å². The summed E-state index contributed by atoms with van der Waals surface area (Å²) in [4.78, 5) is 4.02. The highest BCUT2D eigenvalue weighted by Crippen LogP contribution is 2.10. The Morgan fingerprint density at radius 1 is 1.05 bits per heavy atom. The fourth-order valence-electron chi connectivity index (χ4n) is 2.17. The summed E-state index contributed by atoms with van der Waals surface area (Å²) >= 11 is 0. The van der Waals surface area contributed by atoms with Gasteiger partial charge >= 0.3 is 0 Å². The molecule has 0 fully saturated rings. The minimum Gasteiger partial charge on any atom is -0.377 e. The molecule has 0 spiro atoms. The molecule has 1 N–H and O–H groups in total. The number of rotatable bonds is 8. The first-order chi connectivity index (χ1) is 9.90. The number of benzene rings is 1. The van der Waals surface area contributed by atoms with E-state index < -0.39 is 0 Å². The monoisotopic (exact) mass is 270 g/mol. The van der Waals surface area contributed by atoms with E-state index in [1.807, 2.05) is 19.4 Å². The second kappa shape index (κ2) is 8.46. The van der Waals surface area contributed by atoms with E-state index in [0.717, 1.165) is 26.0 Å². The van der Waals surface area contributed by atoms with Crippen LogP contribution in [0.15, 0.2) is 48.8 Å². The lowest BCUT2D eigenvalue weighted by Gasteiger charge is -2.09. The molecule has 0 aliphatic carbocycles. The summed E-state index contributed by atoms with van der Waals surface area (Å²) in [5.41, 5.74) is 3.90. The van der Waals surface area contributed by atoms with Crippen molar-refractivity contribution in [2.24, 2.45) is 0 Å². The molecule has 1 heterocycles. The summed E-state index contributed by atoms with van der Waals surface area (Å²) in [6.45, 7) is 2.36. The molecule has 1 aromatic carbocycles. The van der Waals surface area contributed by atoms with Crippen LogP contribution in [0, 0.1) is 0 Å². The molecule has 2 aromatic rings. The zero-order valence-electron chi connectivity index (χ0n) is 12.0. The number of pyridine rings is 1. The maximum Gasteiger partial charge on any atom is 0.0720 e. The third-order valence-corrected chi connectivity index (χ3v) is 3.25. The molecule has 3 heteroatoms. The van der Waals surface area contributed by atoms with Crippen molar-refractivity contribution in [3.8, 4) is 0 Å². The SMILES string of the molecule is CNCc1ccccc1COCCCc1ccncc1. The van der Waals surface area contributed by atoms with Crippen LogP contribution >= 0.6 is 0 Å². The van der Waals surface area contributed by atoms with Crippen molar-refractivity contribution in [2.75, 3.05) is 13.7 Å². The van der Waals surface area contributed by atoms with Crippen molar-refractivity contribution in [3.05, 3.63) is 65.5 Å². The normalized spacial score (nSPS) is 10.7. The summed E-state index contributed by atoms with van der Waals surface area (Å²) in [7, 11) is 1.96. The Hall–Kier alpha value is -1.71. The van der Waals surface area contributed by atoms with Crippen LogP contribution in [-0.4, -0.2) is 18.6 Å². The first-order valence-electron chi connectivity index (χ1n) is 7.08. The number of hydrogen-bond donors (Lipinski definition) is 1. The number of nitrogens with zero attached hydrogens (tertiary/aromatic N) is 1. The van der Waals surface area contributed by atoms with Crippen LogP contribution in [0.1, 0.15) is 23.1 Å². The standard InChI is InChI=1S/C17H22N2O/c1-18-13-16-6-2-3-7-17(16)14-20-12-4-5-15-8-10-19-11-9-15/h2-3,6-11,18H,4-5,12-14H2,1H3. The largest absolute Gasteiger partial charge is 0.377 e. The van der Waals surface area contributed by atoms with E-state index in [1.54, 1.807) is 0 Å². The third-order valence-electron chi connectivity index (χ3n) is 3.25. The van der Waals surface area contributed by atoms with Gasteiger partial charge in [0, 0.05) is 25.5 Å². The van der Waals surface area contributed by atoms with Gasteiger partial charge in [-0.25, -0.2) is 0 Å². The lowest BCUT2D eigenvalue weighted by Crippen LogP contribution is -2.08. The van der Waals surface area contributed by atoms with Gasteiger partial charge in [0.2, 0.25) is 0 Å². The highest BCUT2D eigenvalue weighted by atomic mass is 16.5. The fourth-order valence-corrected chi connectivity index (χ4v) is 2.17. The topological polar surface area (TPSA) is 34.1 Å². The van der Waals surface area contributed by atoms with Crippen molar-refractivity contribution in [1.29, 1.82) is 0 Å². The highest BCUT2D eigenvalue weighted by Gasteiger charge is 2.01. The van der Waals surface area contributed by atoms with Crippen LogP contribution in [0.5, 0.6) is 0 Å². The van der Waals surface area contributed by atoms with Gasteiger partial charge in [0.05, 0.1) is 6.61 Å². The number of hydrogen-bond acceptors (Lipinski definition) is 3. The fraction of sp³-hybridized carbons (Fsp3) is 0.353. The first kappa shape index (κ1) is 14.7. The molecule has 3 nitrogen and oxygen atoms in total. The van der Waals surface area contributed by atoms with E-state index in [4.69, 9.17) is 4.74 Å². The van der Waals surface area contributed by atoms with Crippen LogP contribution in [0.25, 0.3) is 0 Å². The predicted octanol–water partition coefficient (Wildman–Crippen LogP) is 2.95. The van der Waals surface area contributed by atoms with Crippen LogP contribution in [0.2, 0.25) is 0 Å². The van der Waals surface area contributed by atoms with E-state index in [9.17, 15) is 0 Å². The van der Waals surface area contributed by atoms with Gasteiger partial charge in [-0.2, -0.15) is 0 Å². The molecule has 0 amide bonds. The molecule has 0 radical (unpaired) electrons. The molecule has 20 heavy (non-hydrogen) atoms. The Labute approximate surface area is 121 Å². The minimum atomic E-state index is 0.689. The number of aryl methyl sites for hydroxylation is 1. The molecule has 106 valence electrons. The highest BCUT2D eigenvalue weighted by molar-refractivity contribution is 5.26. The van der Waals surface area contributed by atoms with E-state index >= 15 is 0 Å². The second-order valence-corrected chi connectivity index (χ2v) is 4.81. The zero-order chi connectivity index (χ0) is 14.0. The van der Waals surface area contributed by atoms with E-state index in [-0.39, 0.29) is 0 Å². The lowest BCUT2D eigenvalue weighted by molar-refractivity contribution is 0.118. The number of ether oxygens (including phenoxy) is 1. The molecule has 2 rings (SSSR count). The van der Waals surface area contributed by atoms with Crippen molar-refractivity contribution in [3.63, 3.8) is 0 Å². The van der Waals surface area contributed by atoms with Gasteiger partial charge in [0.1, 0.15) is 0 Å². The van der Waals surface area contributed by atoms with Crippen molar-refractivity contribution in [2.45, 2.75) is 26.0 Å². The smallest absolute Gasteiger partial charge is 0.0720 e. The molecule has 0 atom stereocenters. The van der Waals surface area contributed by atoms with Gasteiger partial charge in [0.15, 0.2) is 0 Å². The Morgan fingerprint density at radius 3 is 2.55 bits per heavy atom. The summed E-state index contributed by atoms with van der Waals surface area (Å²) < 4.78 is 5.79. The van der Waals surface area contributed by atoms with Gasteiger partial charge in [-0.15, -0.1) is 0 Å². The van der Waals surface area contributed by atoms with Gasteiger partial charge < -0.3 is 10.1 Å². The van der Waals surface area contributed by atoms with Crippen molar-refractivity contribution >= 4 is 0 Å². The van der Waals surface area contributed by atoms with Crippen LogP contribution in [-0.2, 0) is 24.3 Å². The average Bonchev–Trinajstić information content (AvgIpc) is 2.50. The predicted molar refractivity (Wildman–Crippen MR) is 81.4 cm³/mol. The Kier molecular flexibility index (Phi) is 6.21. The molecule has 0 unspecified atom stereocenters. The van der Waals surface area contributed by atoms with Crippen LogP contribution in [0.4, 0.5) is 0 Å². The Balaban J connectivity index is 1.71. The molecule has 0 bridgehead atoms. The van der Waals surface area contributed by atoms with Gasteiger partial charge in [0.25, 0.3) is 0 Å². The van der Waals surface area contributed by atoms with E-state index in [0.29, 0.717) is 6.61 Å². The first-order valence-corrected chi connectivity index (χ1v) is 7.08. The molecular weight excluding hydrogens is 248 g/mol. The number of nitrogens with one attached hydrogen (secondary N) is 1. The maximum absolute atomic E-state index is 5.79. The molecule has 0 aliphatic heterocycles. The zero-order valence-corrected chi connectivity index (χ0v) is 12.0. The quantitative estimate of drug-likeness (QED) is 0.749. The molecule has 1 aromatic heterocycles. The molecule has 0 saturated heterocycles. The van der Waals surface area contributed by atoms with E-state index in [2.05, 4.69) is 46.7 Å². The van der Waals surface area contributed by atoms with Gasteiger partial charge in [-0.3, -0.25) is 4.98 Å².